The Hall–Kier alpha value is -1.85. The first-order valence-corrected chi connectivity index (χ1v) is 6.18. The second-order valence-electron chi connectivity index (χ2n) is 4.05. The minimum absolute atomic E-state index is 0.150. The first kappa shape index (κ1) is 15.2. The van der Waals surface area contributed by atoms with Gasteiger partial charge < -0.3 is 15.3 Å². The highest BCUT2D eigenvalue weighted by molar-refractivity contribution is 5.76. The molecule has 0 aliphatic carbocycles. The number of ether oxygens (including phenoxy) is 1. The molecule has 0 aliphatic heterocycles. The molecule has 0 radical (unpaired) electrons. The molecule has 1 rings (SSSR count). The van der Waals surface area contributed by atoms with Crippen LogP contribution in [0.15, 0.2) is 42.5 Å². The lowest BCUT2D eigenvalue weighted by Gasteiger charge is -2.19. The van der Waals surface area contributed by atoms with Crippen LogP contribution in [-0.2, 0) is 9.53 Å². The van der Waals surface area contributed by atoms with Crippen molar-refractivity contribution in [3.05, 3.63) is 42.5 Å². The fourth-order valence-corrected chi connectivity index (χ4v) is 1.48. The van der Waals surface area contributed by atoms with E-state index in [9.17, 15) is 4.79 Å². The molecule has 0 saturated carbocycles. The van der Waals surface area contributed by atoms with E-state index in [1.165, 1.54) is 0 Å². The minimum Gasteiger partial charge on any atom is -0.465 e. The van der Waals surface area contributed by atoms with E-state index < -0.39 is 6.04 Å². The molecule has 0 spiro atoms. The molecule has 0 fully saturated rings. The number of para-hydroxylation sites is 1. The van der Waals surface area contributed by atoms with E-state index in [-0.39, 0.29) is 12.6 Å². The van der Waals surface area contributed by atoms with Crippen LogP contribution >= 0.6 is 0 Å². The van der Waals surface area contributed by atoms with Crippen LogP contribution in [0.4, 0.5) is 5.69 Å². The normalized spacial score (nSPS) is 11.7. The number of aliphatic hydroxyl groups excluding tert-OH is 1. The summed E-state index contributed by atoms with van der Waals surface area (Å²) >= 11 is 0. The first-order valence-electron chi connectivity index (χ1n) is 6.18. The van der Waals surface area contributed by atoms with Gasteiger partial charge in [-0.3, -0.25) is 4.79 Å². The third-order valence-electron chi connectivity index (χ3n) is 2.45. The Morgan fingerprint density at radius 1 is 1.42 bits per heavy atom. The number of anilines is 1. The number of nitrogens with one attached hydrogen (secondary N) is 2. The standard InChI is InChI=1S/C14H20N2O3/c1-3-19-14(18)13(9-11(2)10-17)16-15-12-7-5-4-6-8-12/h4-8,13,15-17H,2-3,9-10H2,1H3. The average molecular weight is 264 g/mol. The van der Waals surface area contributed by atoms with E-state index >= 15 is 0 Å². The van der Waals surface area contributed by atoms with Gasteiger partial charge >= 0.3 is 5.97 Å². The molecule has 19 heavy (non-hydrogen) atoms. The predicted molar refractivity (Wildman–Crippen MR) is 74.5 cm³/mol. The molecule has 0 amide bonds. The summed E-state index contributed by atoms with van der Waals surface area (Å²) in [4.78, 5) is 11.8. The predicted octanol–water partition coefficient (Wildman–Crippen LogP) is 1.47. The monoisotopic (exact) mass is 264 g/mol. The second kappa shape index (κ2) is 8.29. The summed E-state index contributed by atoms with van der Waals surface area (Å²) < 4.78 is 4.97. The summed E-state index contributed by atoms with van der Waals surface area (Å²) in [6.45, 7) is 5.60. The third-order valence-corrected chi connectivity index (χ3v) is 2.45. The molecular weight excluding hydrogens is 244 g/mol. The fraction of sp³-hybridized carbons (Fsp3) is 0.357. The van der Waals surface area contributed by atoms with Crippen LogP contribution in [0.1, 0.15) is 13.3 Å². The lowest BCUT2D eigenvalue weighted by atomic mass is 10.1. The molecule has 5 heteroatoms. The summed E-state index contributed by atoms with van der Waals surface area (Å²) in [6, 6.07) is 8.83. The summed E-state index contributed by atoms with van der Waals surface area (Å²) in [5.74, 6) is -0.375. The zero-order chi connectivity index (χ0) is 14.1. The number of hydrogen-bond donors (Lipinski definition) is 3. The van der Waals surface area contributed by atoms with Gasteiger partial charge in [0.1, 0.15) is 6.04 Å². The van der Waals surface area contributed by atoms with Crippen molar-refractivity contribution in [1.29, 1.82) is 0 Å². The van der Waals surface area contributed by atoms with Crippen molar-refractivity contribution in [3.63, 3.8) is 0 Å². The van der Waals surface area contributed by atoms with Gasteiger partial charge in [0.05, 0.1) is 13.2 Å². The van der Waals surface area contributed by atoms with E-state index in [1.807, 2.05) is 30.3 Å². The highest BCUT2D eigenvalue weighted by Crippen LogP contribution is 2.07. The number of esters is 1. The van der Waals surface area contributed by atoms with Crippen molar-refractivity contribution in [2.75, 3.05) is 18.6 Å². The van der Waals surface area contributed by atoms with Crippen molar-refractivity contribution < 1.29 is 14.6 Å². The molecule has 104 valence electrons. The van der Waals surface area contributed by atoms with Gasteiger partial charge in [0.2, 0.25) is 0 Å². The molecule has 0 bridgehead atoms. The fourth-order valence-electron chi connectivity index (χ4n) is 1.48. The Kier molecular flexibility index (Phi) is 6.63. The Labute approximate surface area is 113 Å². The summed E-state index contributed by atoms with van der Waals surface area (Å²) in [6.07, 6.45) is 0.315. The molecule has 0 heterocycles. The van der Waals surface area contributed by atoms with Crippen molar-refractivity contribution in [1.82, 2.24) is 5.43 Å². The lowest BCUT2D eigenvalue weighted by molar-refractivity contribution is -0.145. The number of rotatable bonds is 8. The highest BCUT2D eigenvalue weighted by atomic mass is 16.5. The molecule has 1 atom stereocenters. The number of hydrogen-bond acceptors (Lipinski definition) is 5. The van der Waals surface area contributed by atoms with Gasteiger partial charge in [0.25, 0.3) is 0 Å². The Morgan fingerprint density at radius 3 is 2.68 bits per heavy atom. The van der Waals surface area contributed by atoms with Crippen LogP contribution in [0.2, 0.25) is 0 Å². The van der Waals surface area contributed by atoms with Crippen LogP contribution in [-0.4, -0.2) is 30.3 Å². The SMILES string of the molecule is C=C(CO)CC(NNc1ccccc1)C(=O)OCC. The first-order chi connectivity index (χ1) is 9.17. The zero-order valence-corrected chi connectivity index (χ0v) is 11.1. The van der Waals surface area contributed by atoms with Gasteiger partial charge in [-0.25, -0.2) is 5.43 Å². The van der Waals surface area contributed by atoms with E-state index in [2.05, 4.69) is 17.4 Å². The molecular formula is C14H20N2O3. The van der Waals surface area contributed by atoms with Gasteiger partial charge in [-0.1, -0.05) is 24.8 Å². The number of aliphatic hydroxyl groups is 1. The number of hydrazine groups is 1. The molecule has 5 nitrogen and oxygen atoms in total. The topological polar surface area (TPSA) is 70.6 Å². The van der Waals surface area contributed by atoms with Crippen molar-refractivity contribution in [3.8, 4) is 0 Å². The highest BCUT2D eigenvalue weighted by Gasteiger charge is 2.20. The summed E-state index contributed by atoms with van der Waals surface area (Å²) in [5.41, 5.74) is 7.24. The van der Waals surface area contributed by atoms with Crippen LogP contribution in [0.25, 0.3) is 0 Å². The molecule has 0 aromatic heterocycles. The maximum atomic E-state index is 11.8. The second-order valence-corrected chi connectivity index (χ2v) is 4.05. The van der Waals surface area contributed by atoms with E-state index in [0.717, 1.165) is 5.69 Å². The Balaban J connectivity index is 2.58. The third kappa shape index (κ3) is 5.54. The molecule has 0 aliphatic rings. The van der Waals surface area contributed by atoms with Crippen LogP contribution < -0.4 is 10.9 Å². The van der Waals surface area contributed by atoms with E-state index in [4.69, 9.17) is 9.84 Å². The largest absolute Gasteiger partial charge is 0.465 e. The summed E-state index contributed by atoms with van der Waals surface area (Å²) in [7, 11) is 0. The van der Waals surface area contributed by atoms with Crippen molar-refractivity contribution >= 4 is 11.7 Å². The van der Waals surface area contributed by atoms with Gasteiger partial charge in [0.15, 0.2) is 0 Å². The van der Waals surface area contributed by atoms with Gasteiger partial charge in [-0.2, -0.15) is 0 Å². The Bertz CT molecular complexity index is 406. The van der Waals surface area contributed by atoms with Crippen molar-refractivity contribution in [2.45, 2.75) is 19.4 Å². The Morgan fingerprint density at radius 2 is 2.11 bits per heavy atom. The zero-order valence-electron chi connectivity index (χ0n) is 11.1. The quantitative estimate of drug-likeness (QED) is 0.377. The molecule has 1 aromatic carbocycles. The smallest absolute Gasteiger partial charge is 0.325 e. The minimum atomic E-state index is -0.584. The van der Waals surface area contributed by atoms with Gasteiger partial charge in [0, 0.05) is 5.69 Å². The van der Waals surface area contributed by atoms with E-state index in [0.29, 0.717) is 18.6 Å². The van der Waals surface area contributed by atoms with Gasteiger partial charge in [-0.15, -0.1) is 0 Å². The number of benzene rings is 1. The van der Waals surface area contributed by atoms with Gasteiger partial charge in [-0.05, 0) is 31.1 Å². The van der Waals surface area contributed by atoms with Crippen LogP contribution in [0, 0.1) is 0 Å². The van der Waals surface area contributed by atoms with E-state index in [1.54, 1.807) is 6.92 Å². The summed E-state index contributed by atoms with van der Waals surface area (Å²) in [5, 5.41) is 8.98. The maximum absolute atomic E-state index is 11.8. The van der Waals surface area contributed by atoms with Crippen LogP contribution in [0.5, 0.6) is 0 Å². The average Bonchev–Trinajstić information content (AvgIpc) is 2.44. The lowest BCUT2D eigenvalue weighted by Crippen LogP contribution is -2.42. The number of carbonyl (C=O) groups is 1. The van der Waals surface area contributed by atoms with Crippen LogP contribution in [0.3, 0.4) is 0 Å². The molecule has 0 saturated heterocycles. The molecule has 1 unspecified atom stereocenters. The van der Waals surface area contributed by atoms with Crippen molar-refractivity contribution in [2.24, 2.45) is 0 Å². The molecule has 3 N–H and O–H groups in total. The molecule has 1 aromatic rings. The maximum Gasteiger partial charge on any atom is 0.325 e. The number of carbonyl (C=O) groups excluding carboxylic acids is 1.